The van der Waals surface area contributed by atoms with Crippen LogP contribution in [0.2, 0.25) is 0 Å². The largest absolute Gasteiger partial charge is 0.481 e. The molecule has 2 N–H and O–H groups in total. The van der Waals surface area contributed by atoms with Gasteiger partial charge in [-0.15, -0.1) is 0 Å². The Morgan fingerprint density at radius 2 is 2.00 bits per heavy atom. The zero-order valence-electron chi connectivity index (χ0n) is 10.7. The van der Waals surface area contributed by atoms with E-state index in [1.165, 1.54) is 0 Å². The molecule has 100 valence electrons. The van der Waals surface area contributed by atoms with E-state index < -0.39 is 5.97 Å². The maximum absolute atomic E-state index is 10.5. The first-order chi connectivity index (χ1) is 8.63. The van der Waals surface area contributed by atoms with E-state index in [1.807, 2.05) is 37.3 Å². The monoisotopic (exact) mass is 251 g/mol. The van der Waals surface area contributed by atoms with Gasteiger partial charge in [-0.3, -0.25) is 4.79 Å². The van der Waals surface area contributed by atoms with Crippen molar-refractivity contribution in [2.45, 2.75) is 19.8 Å². The van der Waals surface area contributed by atoms with E-state index in [2.05, 4.69) is 4.90 Å². The molecule has 1 atom stereocenters. The van der Waals surface area contributed by atoms with E-state index in [0.29, 0.717) is 13.0 Å². The van der Waals surface area contributed by atoms with Gasteiger partial charge in [0.05, 0.1) is 0 Å². The molecule has 0 saturated carbocycles. The summed E-state index contributed by atoms with van der Waals surface area (Å²) >= 11 is 0. The second-order valence-corrected chi connectivity index (χ2v) is 4.57. The van der Waals surface area contributed by atoms with E-state index in [4.69, 9.17) is 10.2 Å². The van der Waals surface area contributed by atoms with Crippen LogP contribution < -0.4 is 4.90 Å². The summed E-state index contributed by atoms with van der Waals surface area (Å²) in [7, 11) is 0. The first kappa shape index (κ1) is 14.5. The van der Waals surface area contributed by atoms with Crippen molar-refractivity contribution >= 4 is 11.7 Å². The molecular weight excluding hydrogens is 230 g/mol. The second kappa shape index (κ2) is 7.71. The van der Waals surface area contributed by atoms with Gasteiger partial charge in [0.25, 0.3) is 0 Å². The van der Waals surface area contributed by atoms with Crippen molar-refractivity contribution in [2.75, 3.05) is 24.6 Å². The Morgan fingerprint density at radius 3 is 2.56 bits per heavy atom. The number of nitrogens with zero attached hydrogens (tertiary/aromatic N) is 1. The summed E-state index contributed by atoms with van der Waals surface area (Å²) in [4.78, 5) is 12.7. The predicted molar refractivity (Wildman–Crippen MR) is 71.8 cm³/mol. The minimum atomic E-state index is -0.766. The molecule has 18 heavy (non-hydrogen) atoms. The first-order valence-electron chi connectivity index (χ1n) is 6.26. The minimum absolute atomic E-state index is 0.141. The molecule has 4 heteroatoms. The van der Waals surface area contributed by atoms with Crippen LogP contribution in [0.4, 0.5) is 5.69 Å². The lowest BCUT2D eigenvalue weighted by atomic mass is 10.1. The number of carbonyl (C=O) groups is 1. The lowest BCUT2D eigenvalue weighted by molar-refractivity contribution is -0.137. The zero-order chi connectivity index (χ0) is 13.4. The van der Waals surface area contributed by atoms with Gasteiger partial charge in [-0.25, -0.2) is 0 Å². The Kier molecular flexibility index (Phi) is 6.22. The molecule has 0 bridgehead atoms. The number of carboxylic acid groups (broad SMARTS) is 1. The van der Waals surface area contributed by atoms with Crippen LogP contribution in [0.3, 0.4) is 0 Å². The summed E-state index contributed by atoms with van der Waals surface area (Å²) in [6.07, 6.45) is 0.791. The molecule has 0 aromatic heterocycles. The SMILES string of the molecule is CC(CO)CN(CCCC(=O)O)c1ccccc1. The van der Waals surface area contributed by atoms with Gasteiger partial charge in [0, 0.05) is 31.8 Å². The molecule has 4 nitrogen and oxygen atoms in total. The molecule has 0 spiro atoms. The lowest BCUT2D eigenvalue weighted by Gasteiger charge is -2.27. The number of hydrogen-bond donors (Lipinski definition) is 2. The van der Waals surface area contributed by atoms with Crippen LogP contribution >= 0.6 is 0 Å². The Bertz CT molecular complexity index is 353. The van der Waals surface area contributed by atoms with E-state index in [-0.39, 0.29) is 18.9 Å². The molecule has 0 radical (unpaired) electrons. The molecule has 0 aliphatic carbocycles. The van der Waals surface area contributed by atoms with E-state index in [1.54, 1.807) is 0 Å². The van der Waals surface area contributed by atoms with Crippen LogP contribution in [0.25, 0.3) is 0 Å². The van der Waals surface area contributed by atoms with Crippen molar-refractivity contribution in [3.05, 3.63) is 30.3 Å². The average molecular weight is 251 g/mol. The van der Waals surface area contributed by atoms with Crippen LogP contribution in [0.1, 0.15) is 19.8 Å². The molecule has 1 aromatic rings. The standard InChI is InChI=1S/C14H21NO3/c1-12(11-16)10-15(9-5-8-14(17)18)13-6-3-2-4-7-13/h2-4,6-7,12,16H,5,8-11H2,1H3,(H,17,18). The summed E-state index contributed by atoms with van der Waals surface area (Å²) in [5.41, 5.74) is 1.07. The van der Waals surface area contributed by atoms with Gasteiger partial charge < -0.3 is 15.1 Å². The van der Waals surface area contributed by atoms with Crippen LogP contribution in [0.5, 0.6) is 0 Å². The first-order valence-corrected chi connectivity index (χ1v) is 6.26. The van der Waals surface area contributed by atoms with Gasteiger partial charge in [-0.1, -0.05) is 25.1 Å². The molecule has 0 saturated heterocycles. The van der Waals surface area contributed by atoms with Crippen molar-refractivity contribution in [1.82, 2.24) is 0 Å². The summed E-state index contributed by atoms with van der Waals surface area (Å²) in [5, 5.41) is 17.8. The number of rotatable bonds is 8. The minimum Gasteiger partial charge on any atom is -0.481 e. The highest BCUT2D eigenvalue weighted by atomic mass is 16.4. The topological polar surface area (TPSA) is 60.8 Å². The highest BCUT2D eigenvalue weighted by Gasteiger charge is 2.10. The number of anilines is 1. The Morgan fingerprint density at radius 1 is 1.33 bits per heavy atom. The van der Waals surface area contributed by atoms with Gasteiger partial charge in [-0.05, 0) is 24.5 Å². The van der Waals surface area contributed by atoms with Gasteiger partial charge in [-0.2, -0.15) is 0 Å². The number of carboxylic acids is 1. The number of aliphatic hydroxyl groups excluding tert-OH is 1. The summed E-state index contributed by atoms with van der Waals surface area (Å²) in [5.74, 6) is -0.590. The third-order valence-electron chi connectivity index (χ3n) is 2.78. The van der Waals surface area contributed by atoms with E-state index >= 15 is 0 Å². The zero-order valence-corrected chi connectivity index (χ0v) is 10.7. The summed E-state index contributed by atoms with van der Waals surface area (Å²) in [6, 6.07) is 9.89. The smallest absolute Gasteiger partial charge is 0.303 e. The molecule has 0 aliphatic rings. The second-order valence-electron chi connectivity index (χ2n) is 4.57. The summed E-state index contributed by atoms with van der Waals surface area (Å²) < 4.78 is 0. The number of benzene rings is 1. The highest BCUT2D eigenvalue weighted by Crippen LogP contribution is 2.15. The third kappa shape index (κ3) is 5.19. The van der Waals surface area contributed by atoms with Crippen molar-refractivity contribution < 1.29 is 15.0 Å². The molecule has 0 amide bonds. The molecular formula is C14H21NO3. The predicted octanol–water partition coefficient (Wildman–Crippen LogP) is 1.99. The Balaban J connectivity index is 2.60. The molecule has 1 rings (SSSR count). The maximum Gasteiger partial charge on any atom is 0.303 e. The molecule has 1 aromatic carbocycles. The molecule has 1 unspecified atom stereocenters. The Labute approximate surface area is 108 Å². The van der Waals surface area contributed by atoms with Crippen molar-refractivity contribution in [3.63, 3.8) is 0 Å². The van der Waals surface area contributed by atoms with Gasteiger partial charge in [0.2, 0.25) is 0 Å². The van der Waals surface area contributed by atoms with Crippen molar-refractivity contribution in [1.29, 1.82) is 0 Å². The average Bonchev–Trinajstić information content (AvgIpc) is 2.38. The fourth-order valence-electron chi connectivity index (χ4n) is 1.82. The normalized spacial score (nSPS) is 12.1. The van der Waals surface area contributed by atoms with Crippen LogP contribution in [-0.4, -0.2) is 35.9 Å². The lowest BCUT2D eigenvalue weighted by Crippen LogP contribution is -2.31. The summed E-state index contributed by atoms with van der Waals surface area (Å²) in [6.45, 7) is 3.55. The van der Waals surface area contributed by atoms with Crippen LogP contribution in [0.15, 0.2) is 30.3 Å². The molecule has 0 heterocycles. The third-order valence-corrected chi connectivity index (χ3v) is 2.78. The number of aliphatic hydroxyl groups is 1. The van der Waals surface area contributed by atoms with Crippen LogP contribution in [-0.2, 0) is 4.79 Å². The fraction of sp³-hybridized carbons (Fsp3) is 0.500. The van der Waals surface area contributed by atoms with Crippen molar-refractivity contribution in [2.24, 2.45) is 5.92 Å². The van der Waals surface area contributed by atoms with E-state index in [0.717, 1.165) is 12.2 Å². The molecule has 0 aliphatic heterocycles. The maximum atomic E-state index is 10.5. The van der Waals surface area contributed by atoms with Gasteiger partial charge in [0.15, 0.2) is 0 Å². The fourth-order valence-corrected chi connectivity index (χ4v) is 1.82. The Hall–Kier alpha value is -1.55. The van der Waals surface area contributed by atoms with E-state index in [9.17, 15) is 4.79 Å². The number of hydrogen-bond acceptors (Lipinski definition) is 3. The van der Waals surface area contributed by atoms with Crippen LogP contribution in [0, 0.1) is 5.92 Å². The highest BCUT2D eigenvalue weighted by molar-refractivity contribution is 5.66. The van der Waals surface area contributed by atoms with Gasteiger partial charge in [0.1, 0.15) is 0 Å². The quantitative estimate of drug-likeness (QED) is 0.741. The van der Waals surface area contributed by atoms with Gasteiger partial charge >= 0.3 is 5.97 Å². The number of para-hydroxylation sites is 1. The molecule has 0 fully saturated rings. The number of aliphatic carboxylic acids is 1. The van der Waals surface area contributed by atoms with Crippen molar-refractivity contribution in [3.8, 4) is 0 Å².